The number of hydrogen-bond donors (Lipinski definition) is 3. The number of nitrogens with one attached hydrogen (secondary N) is 2. The minimum Gasteiger partial charge on any atom is -0.391 e. The molecule has 0 saturated carbocycles. The van der Waals surface area contributed by atoms with Crippen molar-refractivity contribution in [1.82, 2.24) is 15.1 Å². The fourth-order valence-electron chi connectivity index (χ4n) is 3.30. The molecule has 2 aromatic carbocycles. The molecule has 0 aliphatic carbocycles. The highest BCUT2D eigenvalue weighted by Crippen LogP contribution is 2.26. The second-order valence-electron chi connectivity index (χ2n) is 6.56. The number of carbonyl (C=O) groups excluding carboxylic acids is 1. The smallest absolute Gasteiger partial charge is 0.244 e. The molecule has 29 heavy (non-hydrogen) atoms. The van der Waals surface area contributed by atoms with Crippen molar-refractivity contribution in [2.45, 2.75) is 25.5 Å². The van der Waals surface area contributed by atoms with E-state index in [1.54, 1.807) is 10.7 Å². The molecule has 1 aromatic heterocycles. The molecule has 0 spiro atoms. The van der Waals surface area contributed by atoms with Crippen molar-refractivity contribution in [1.29, 1.82) is 0 Å². The molecule has 1 aliphatic rings. The lowest BCUT2D eigenvalue weighted by Crippen LogP contribution is -2.42. The first kappa shape index (κ1) is 25.3. The number of aliphatic hydroxyl groups is 1. The largest absolute Gasteiger partial charge is 0.391 e. The standard InChI is InChI=1S/C19H19FN4O2.ClH.2H2S/c1-11-3-2-4-13(7-11)24-16-9-12(8-15(20)14(16)10-22-24)23-19(26)18-17(25)5-6-21-18;;;/h2-4,7-10,17-18,21,25H,5-6H2,1H3,(H,23,26);1H;2*1H2/t17-,18-;;;/m0.../s1. The first-order valence-corrected chi connectivity index (χ1v) is 8.49. The van der Waals surface area contributed by atoms with E-state index in [1.165, 1.54) is 12.3 Å². The SMILES string of the molecule is Cc1cccc(-n2ncc3c(F)cc(NC(=O)[C@H]4NCC[C@@H]4O)cc32)c1.Cl.S.S. The van der Waals surface area contributed by atoms with E-state index in [-0.39, 0.29) is 45.3 Å². The van der Waals surface area contributed by atoms with Crippen LogP contribution in [0, 0.1) is 12.7 Å². The molecule has 3 aromatic rings. The second-order valence-corrected chi connectivity index (χ2v) is 6.56. The van der Waals surface area contributed by atoms with Crippen LogP contribution in [0.5, 0.6) is 0 Å². The Labute approximate surface area is 188 Å². The van der Waals surface area contributed by atoms with Gasteiger partial charge in [-0.15, -0.1) is 12.4 Å². The van der Waals surface area contributed by atoms with E-state index in [4.69, 9.17) is 0 Å². The van der Waals surface area contributed by atoms with Crippen molar-refractivity contribution in [2.75, 3.05) is 11.9 Å². The average molecular weight is 459 g/mol. The molecule has 4 rings (SSSR count). The van der Waals surface area contributed by atoms with Crippen LogP contribution in [0.3, 0.4) is 0 Å². The zero-order valence-corrected chi connectivity index (χ0v) is 18.5. The molecule has 1 aliphatic heterocycles. The van der Waals surface area contributed by atoms with Gasteiger partial charge in [-0.1, -0.05) is 12.1 Å². The number of anilines is 1. The number of amides is 1. The van der Waals surface area contributed by atoms with E-state index in [9.17, 15) is 14.3 Å². The zero-order valence-electron chi connectivity index (χ0n) is 15.6. The van der Waals surface area contributed by atoms with Crippen molar-refractivity contribution >= 4 is 61.9 Å². The second kappa shape index (κ2) is 10.3. The Bertz CT molecular complexity index is 1000. The first-order chi connectivity index (χ1) is 12.5. The molecular formula is C19H24ClFN4O2S2. The predicted molar refractivity (Wildman–Crippen MR) is 125 cm³/mol. The molecule has 6 nitrogen and oxygen atoms in total. The molecule has 1 saturated heterocycles. The molecule has 158 valence electrons. The number of aliphatic hydroxyl groups excluding tert-OH is 1. The summed E-state index contributed by atoms with van der Waals surface area (Å²) in [6, 6.07) is 10.00. The fourth-order valence-corrected chi connectivity index (χ4v) is 3.30. The Balaban J connectivity index is 0.00000140. The molecular weight excluding hydrogens is 435 g/mol. The van der Waals surface area contributed by atoms with Crippen molar-refractivity contribution in [3.05, 3.63) is 54.0 Å². The number of halogens is 2. The summed E-state index contributed by atoms with van der Waals surface area (Å²) < 4.78 is 16.1. The van der Waals surface area contributed by atoms with Gasteiger partial charge in [0.2, 0.25) is 5.91 Å². The number of fused-ring (bicyclic) bond motifs is 1. The summed E-state index contributed by atoms with van der Waals surface area (Å²) in [6.07, 6.45) is 1.26. The van der Waals surface area contributed by atoms with Gasteiger partial charge in [0.15, 0.2) is 0 Å². The monoisotopic (exact) mass is 458 g/mol. The van der Waals surface area contributed by atoms with Gasteiger partial charge in [0.05, 0.1) is 28.9 Å². The Hall–Kier alpha value is -1.78. The third-order valence-corrected chi connectivity index (χ3v) is 4.62. The van der Waals surface area contributed by atoms with Crippen LogP contribution < -0.4 is 10.6 Å². The number of aryl methyl sites for hydroxylation is 1. The summed E-state index contributed by atoms with van der Waals surface area (Å²) in [5.41, 5.74) is 2.77. The highest BCUT2D eigenvalue weighted by Gasteiger charge is 2.31. The molecule has 1 fully saturated rings. The van der Waals surface area contributed by atoms with Crippen LogP contribution in [-0.2, 0) is 4.79 Å². The Morgan fingerprint density at radius 1 is 1.31 bits per heavy atom. The molecule has 3 N–H and O–H groups in total. The van der Waals surface area contributed by atoms with Crippen LogP contribution in [0.1, 0.15) is 12.0 Å². The molecule has 2 atom stereocenters. The van der Waals surface area contributed by atoms with Gasteiger partial charge < -0.3 is 15.7 Å². The Morgan fingerprint density at radius 2 is 2.07 bits per heavy atom. The van der Waals surface area contributed by atoms with E-state index >= 15 is 0 Å². The third kappa shape index (κ3) is 5.04. The molecule has 10 heteroatoms. The topological polar surface area (TPSA) is 79.2 Å². The van der Waals surface area contributed by atoms with Crippen LogP contribution in [0.15, 0.2) is 42.6 Å². The Kier molecular flexibility index (Phi) is 8.98. The van der Waals surface area contributed by atoms with Gasteiger partial charge in [0.1, 0.15) is 11.9 Å². The van der Waals surface area contributed by atoms with E-state index in [0.717, 1.165) is 11.3 Å². The van der Waals surface area contributed by atoms with E-state index in [2.05, 4.69) is 15.7 Å². The van der Waals surface area contributed by atoms with Gasteiger partial charge in [-0.3, -0.25) is 4.79 Å². The van der Waals surface area contributed by atoms with Gasteiger partial charge >= 0.3 is 0 Å². The molecule has 0 bridgehead atoms. The van der Waals surface area contributed by atoms with Gasteiger partial charge in [-0.05, 0) is 49.7 Å². The lowest BCUT2D eigenvalue weighted by atomic mass is 10.1. The maximum atomic E-state index is 14.5. The van der Waals surface area contributed by atoms with E-state index < -0.39 is 18.0 Å². The number of rotatable bonds is 3. The normalized spacial score (nSPS) is 17.8. The molecule has 2 heterocycles. The summed E-state index contributed by atoms with van der Waals surface area (Å²) in [5, 5.41) is 20.1. The van der Waals surface area contributed by atoms with Crippen LogP contribution >= 0.6 is 39.4 Å². The number of benzene rings is 2. The summed E-state index contributed by atoms with van der Waals surface area (Å²) in [5.74, 6) is -0.841. The lowest BCUT2D eigenvalue weighted by molar-refractivity contribution is -0.119. The number of hydrogen-bond acceptors (Lipinski definition) is 4. The van der Waals surface area contributed by atoms with Crippen LogP contribution in [-0.4, -0.2) is 39.5 Å². The van der Waals surface area contributed by atoms with Crippen LogP contribution in [0.2, 0.25) is 0 Å². The van der Waals surface area contributed by atoms with Gasteiger partial charge in [0.25, 0.3) is 0 Å². The van der Waals surface area contributed by atoms with Gasteiger partial charge in [-0.2, -0.15) is 32.1 Å². The lowest BCUT2D eigenvalue weighted by Gasteiger charge is -2.15. The maximum absolute atomic E-state index is 14.5. The fraction of sp³-hybridized carbons (Fsp3) is 0.263. The summed E-state index contributed by atoms with van der Waals surface area (Å²) in [4.78, 5) is 12.3. The highest BCUT2D eigenvalue weighted by atomic mass is 35.5. The van der Waals surface area contributed by atoms with Crippen LogP contribution in [0.4, 0.5) is 10.1 Å². The third-order valence-electron chi connectivity index (χ3n) is 4.62. The van der Waals surface area contributed by atoms with Crippen molar-refractivity contribution in [3.8, 4) is 5.69 Å². The van der Waals surface area contributed by atoms with Crippen LogP contribution in [0.25, 0.3) is 16.6 Å². The van der Waals surface area contributed by atoms with Crippen molar-refractivity contribution in [2.24, 2.45) is 0 Å². The molecule has 0 unspecified atom stereocenters. The number of aromatic nitrogens is 2. The van der Waals surface area contributed by atoms with Gasteiger partial charge in [0, 0.05) is 5.69 Å². The zero-order chi connectivity index (χ0) is 18.3. The minimum atomic E-state index is -0.735. The summed E-state index contributed by atoms with van der Waals surface area (Å²) >= 11 is 0. The average Bonchev–Trinajstić information content (AvgIpc) is 3.21. The quantitative estimate of drug-likeness (QED) is 0.564. The molecule has 0 radical (unpaired) electrons. The summed E-state index contributed by atoms with van der Waals surface area (Å²) in [6.45, 7) is 2.55. The molecule has 1 amide bonds. The van der Waals surface area contributed by atoms with Gasteiger partial charge in [-0.25, -0.2) is 9.07 Å². The summed E-state index contributed by atoms with van der Waals surface area (Å²) in [7, 11) is 0. The number of carbonyl (C=O) groups is 1. The maximum Gasteiger partial charge on any atom is 0.244 e. The van der Waals surface area contributed by atoms with Crippen molar-refractivity contribution in [3.63, 3.8) is 0 Å². The van der Waals surface area contributed by atoms with E-state index in [0.29, 0.717) is 29.6 Å². The van der Waals surface area contributed by atoms with E-state index in [1.807, 2.05) is 31.2 Å². The van der Waals surface area contributed by atoms with Crippen molar-refractivity contribution < 1.29 is 14.3 Å². The number of nitrogens with zero attached hydrogens (tertiary/aromatic N) is 2. The Morgan fingerprint density at radius 3 is 2.72 bits per heavy atom. The predicted octanol–water partition coefficient (Wildman–Crippen LogP) is 2.78. The minimum absolute atomic E-state index is 0. The first-order valence-electron chi connectivity index (χ1n) is 8.49. The highest BCUT2D eigenvalue weighted by molar-refractivity contribution is 7.59.